The first-order chi connectivity index (χ1) is 10.6. The third-order valence-electron chi connectivity index (χ3n) is 3.36. The Hall–Kier alpha value is -2.66. The Kier molecular flexibility index (Phi) is 3.89. The minimum Gasteiger partial charge on any atom is -0.480 e. The zero-order valence-corrected chi connectivity index (χ0v) is 12.4. The molecule has 0 aliphatic heterocycles. The van der Waals surface area contributed by atoms with Crippen molar-refractivity contribution in [2.24, 2.45) is 0 Å². The Morgan fingerprint density at radius 1 is 0.955 bits per heavy atom. The summed E-state index contributed by atoms with van der Waals surface area (Å²) in [5.41, 5.74) is 3.66. The standard InChI is InChI=1S/C17H13NO3S/c19-16(20)10-18-15(11-22-17(18)21)14-8-6-13(7-9-14)12-4-2-1-3-5-12/h1-9,11H,10H2,(H,19,20). The molecule has 0 fully saturated rings. The predicted octanol–water partition coefficient (Wildman–Crippen LogP) is 3.33. The topological polar surface area (TPSA) is 59.3 Å². The average molecular weight is 311 g/mol. The molecule has 3 aromatic rings. The highest BCUT2D eigenvalue weighted by molar-refractivity contribution is 7.07. The normalized spacial score (nSPS) is 10.5. The van der Waals surface area contributed by atoms with E-state index >= 15 is 0 Å². The maximum atomic E-state index is 11.8. The van der Waals surface area contributed by atoms with Crippen LogP contribution in [0.1, 0.15) is 0 Å². The summed E-state index contributed by atoms with van der Waals surface area (Å²) in [6.07, 6.45) is 0. The molecule has 0 unspecified atom stereocenters. The molecule has 0 amide bonds. The van der Waals surface area contributed by atoms with Crippen LogP contribution in [0.3, 0.4) is 0 Å². The minimum absolute atomic E-state index is 0.260. The molecule has 1 heterocycles. The van der Waals surface area contributed by atoms with Gasteiger partial charge >= 0.3 is 10.8 Å². The van der Waals surface area contributed by atoms with Gasteiger partial charge in [-0.3, -0.25) is 14.2 Å². The van der Waals surface area contributed by atoms with Gasteiger partial charge in [0.2, 0.25) is 0 Å². The van der Waals surface area contributed by atoms with Crippen molar-refractivity contribution in [2.75, 3.05) is 0 Å². The average Bonchev–Trinajstić information content (AvgIpc) is 2.89. The quantitative estimate of drug-likeness (QED) is 0.804. The lowest BCUT2D eigenvalue weighted by Gasteiger charge is -2.07. The number of hydrogen-bond donors (Lipinski definition) is 1. The number of carboxylic acid groups (broad SMARTS) is 1. The van der Waals surface area contributed by atoms with Crippen molar-refractivity contribution in [3.05, 3.63) is 69.6 Å². The van der Waals surface area contributed by atoms with E-state index < -0.39 is 5.97 Å². The van der Waals surface area contributed by atoms with Crippen LogP contribution in [0.25, 0.3) is 22.4 Å². The predicted molar refractivity (Wildman–Crippen MR) is 87.1 cm³/mol. The smallest absolute Gasteiger partial charge is 0.323 e. The number of thiazole rings is 1. The third-order valence-corrected chi connectivity index (χ3v) is 4.13. The summed E-state index contributed by atoms with van der Waals surface area (Å²) in [7, 11) is 0. The van der Waals surface area contributed by atoms with Crippen LogP contribution in [0.15, 0.2) is 64.8 Å². The van der Waals surface area contributed by atoms with Crippen LogP contribution in [0.4, 0.5) is 0 Å². The first kappa shape index (κ1) is 14.3. The van der Waals surface area contributed by atoms with Crippen LogP contribution >= 0.6 is 11.3 Å². The van der Waals surface area contributed by atoms with Crippen molar-refractivity contribution in [1.82, 2.24) is 4.57 Å². The minimum atomic E-state index is -1.03. The van der Waals surface area contributed by atoms with E-state index in [0.29, 0.717) is 5.69 Å². The van der Waals surface area contributed by atoms with Crippen LogP contribution in [0.5, 0.6) is 0 Å². The largest absolute Gasteiger partial charge is 0.480 e. The molecule has 0 radical (unpaired) electrons. The highest BCUT2D eigenvalue weighted by atomic mass is 32.1. The summed E-state index contributed by atoms with van der Waals surface area (Å²) < 4.78 is 1.28. The number of carboxylic acids is 1. The van der Waals surface area contributed by atoms with Gasteiger partial charge in [0.15, 0.2) is 0 Å². The molecule has 0 aliphatic carbocycles. The lowest BCUT2D eigenvalue weighted by molar-refractivity contribution is -0.137. The number of benzene rings is 2. The van der Waals surface area contributed by atoms with Gasteiger partial charge < -0.3 is 5.11 Å². The number of carbonyl (C=O) groups is 1. The molecule has 5 heteroatoms. The molecule has 1 N–H and O–H groups in total. The Labute approximate surface area is 130 Å². The van der Waals surface area contributed by atoms with Crippen molar-refractivity contribution in [1.29, 1.82) is 0 Å². The van der Waals surface area contributed by atoms with E-state index in [1.165, 1.54) is 4.57 Å². The maximum absolute atomic E-state index is 11.8. The van der Waals surface area contributed by atoms with Crippen LogP contribution in [0.2, 0.25) is 0 Å². The third kappa shape index (κ3) is 2.84. The zero-order chi connectivity index (χ0) is 15.5. The van der Waals surface area contributed by atoms with Gasteiger partial charge in [0.25, 0.3) is 0 Å². The molecule has 0 spiro atoms. The summed E-state index contributed by atoms with van der Waals surface area (Å²) in [5.74, 6) is -1.03. The number of aromatic nitrogens is 1. The second-order valence-electron chi connectivity index (χ2n) is 4.81. The van der Waals surface area contributed by atoms with E-state index in [0.717, 1.165) is 28.0 Å². The molecular weight excluding hydrogens is 298 g/mol. The molecule has 0 saturated carbocycles. The van der Waals surface area contributed by atoms with Crippen LogP contribution in [0, 0.1) is 0 Å². The molecule has 1 aromatic heterocycles. The van der Waals surface area contributed by atoms with Crippen LogP contribution < -0.4 is 4.87 Å². The van der Waals surface area contributed by atoms with Gasteiger partial charge in [0.1, 0.15) is 6.54 Å². The Morgan fingerprint density at radius 2 is 1.55 bits per heavy atom. The Bertz CT molecular complexity index is 848. The molecule has 4 nitrogen and oxygen atoms in total. The van der Waals surface area contributed by atoms with E-state index in [1.54, 1.807) is 5.38 Å². The number of hydrogen-bond acceptors (Lipinski definition) is 3. The van der Waals surface area contributed by atoms with Gasteiger partial charge in [0.05, 0.1) is 5.69 Å². The van der Waals surface area contributed by atoms with E-state index in [-0.39, 0.29) is 11.4 Å². The van der Waals surface area contributed by atoms with Gasteiger partial charge in [0, 0.05) is 5.38 Å². The maximum Gasteiger partial charge on any atom is 0.323 e. The van der Waals surface area contributed by atoms with Crippen molar-refractivity contribution in [3.8, 4) is 22.4 Å². The number of rotatable bonds is 4. The van der Waals surface area contributed by atoms with Crippen molar-refractivity contribution in [3.63, 3.8) is 0 Å². The Balaban J connectivity index is 1.97. The van der Waals surface area contributed by atoms with Gasteiger partial charge in [-0.25, -0.2) is 0 Å². The first-order valence-electron chi connectivity index (χ1n) is 6.71. The second kappa shape index (κ2) is 5.99. The molecule has 2 aromatic carbocycles. The highest BCUT2D eigenvalue weighted by Gasteiger charge is 2.11. The molecule has 3 rings (SSSR count). The van der Waals surface area contributed by atoms with E-state index in [4.69, 9.17) is 5.11 Å². The van der Waals surface area contributed by atoms with Gasteiger partial charge in [-0.1, -0.05) is 65.9 Å². The monoisotopic (exact) mass is 311 g/mol. The molecule has 0 aliphatic rings. The van der Waals surface area contributed by atoms with E-state index in [2.05, 4.69) is 0 Å². The summed E-state index contributed by atoms with van der Waals surface area (Å²) in [4.78, 5) is 22.4. The summed E-state index contributed by atoms with van der Waals surface area (Å²) in [6.45, 7) is -0.321. The molecule has 110 valence electrons. The van der Waals surface area contributed by atoms with E-state index in [9.17, 15) is 9.59 Å². The highest BCUT2D eigenvalue weighted by Crippen LogP contribution is 2.25. The van der Waals surface area contributed by atoms with Gasteiger partial charge in [-0.05, 0) is 16.7 Å². The van der Waals surface area contributed by atoms with Crippen molar-refractivity contribution in [2.45, 2.75) is 6.54 Å². The van der Waals surface area contributed by atoms with Gasteiger partial charge in [-0.15, -0.1) is 0 Å². The second-order valence-corrected chi connectivity index (χ2v) is 5.63. The van der Waals surface area contributed by atoms with Gasteiger partial charge in [-0.2, -0.15) is 0 Å². The summed E-state index contributed by atoms with van der Waals surface area (Å²) in [5, 5.41) is 10.6. The zero-order valence-electron chi connectivity index (χ0n) is 11.6. The van der Waals surface area contributed by atoms with Crippen LogP contribution in [-0.2, 0) is 11.3 Å². The lowest BCUT2D eigenvalue weighted by atomic mass is 10.0. The molecular formula is C17H13NO3S. The van der Waals surface area contributed by atoms with Crippen molar-refractivity contribution < 1.29 is 9.90 Å². The number of nitrogens with zero attached hydrogens (tertiary/aromatic N) is 1. The fourth-order valence-corrected chi connectivity index (χ4v) is 3.07. The molecule has 0 atom stereocenters. The fourth-order valence-electron chi connectivity index (χ4n) is 2.30. The lowest BCUT2D eigenvalue weighted by Crippen LogP contribution is -2.19. The first-order valence-corrected chi connectivity index (χ1v) is 7.59. The summed E-state index contributed by atoms with van der Waals surface area (Å²) in [6, 6.07) is 17.7. The fraction of sp³-hybridized carbons (Fsp3) is 0.0588. The van der Waals surface area contributed by atoms with E-state index in [1.807, 2.05) is 54.6 Å². The number of aliphatic carboxylic acids is 1. The molecule has 0 saturated heterocycles. The van der Waals surface area contributed by atoms with Crippen LogP contribution in [-0.4, -0.2) is 15.6 Å². The summed E-state index contributed by atoms with van der Waals surface area (Å²) >= 11 is 1.01. The molecule has 0 bridgehead atoms. The molecule has 22 heavy (non-hydrogen) atoms. The van der Waals surface area contributed by atoms with Crippen molar-refractivity contribution >= 4 is 17.3 Å². The SMILES string of the molecule is O=C(O)Cn1c(-c2ccc(-c3ccccc3)cc2)csc1=O. The Morgan fingerprint density at radius 3 is 2.18 bits per heavy atom.